The molecule has 2 amide bonds. The molecule has 1 aromatic rings. The summed E-state index contributed by atoms with van der Waals surface area (Å²) in [5.41, 5.74) is 2.56. The van der Waals surface area contributed by atoms with Crippen LogP contribution in [0.25, 0.3) is 0 Å². The summed E-state index contributed by atoms with van der Waals surface area (Å²) in [6, 6.07) is 7.39. The van der Waals surface area contributed by atoms with E-state index in [1.165, 1.54) is 30.4 Å². The predicted molar refractivity (Wildman–Crippen MR) is 115 cm³/mol. The second kappa shape index (κ2) is 10.8. The van der Waals surface area contributed by atoms with Gasteiger partial charge in [-0.25, -0.2) is 4.79 Å². The number of rotatable bonds is 10. The number of carbonyl (C=O) groups is 3. The lowest BCUT2D eigenvalue weighted by molar-refractivity contribution is -0.137. The van der Waals surface area contributed by atoms with Crippen molar-refractivity contribution < 1.29 is 19.1 Å². The Morgan fingerprint density at radius 1 is 1.17 bits per heavy atom. The monoisotopic (exact) mass is 413 g/mol. The Morgan fingerprint density at radius 2 is 1.97 bits per heavy atom. The molecule has 3 rings (SSSR count). The zero-order valence-corrected chi connectivity index (χ0v) is 17.6. The van der Waals surface area contributed by atoms with Gasteiger partial charge in [-0.15, -0.1) is 0 Å². The molecule has 0 aliphatic heterocycles. The van der Waals surface area contributed by atoms with Crippen molar-refractivity contribution in [3.63, 3.8) is 0 Å². The highest BCUT2D eigenvalue weighted by molar-refractivity contribution is 5.97. The number of carbonyl (C=O) groups excluding carboxylic acids is 3. The molecule has 0 saturated heterocycles. The predicted octanol–water partition coefficient (Wildman–Crippen LogP) is 2.88. The first-order valence-electron chi connectivity index (χ1n) is 10.7. The van der Waals surface area contributed by atoms with E-state index in [4.69, 9.17) is 4.74 Å². The Kier molecular flexibility index (Phi) is 7.88. The van der Waals surface area contributed by atoms with E-state index in [-0.39, 0.29) is 18.5 Å². The number of nitrogens with one attached hydrogen (secondary N) is 2. The van der Waals surface area contributed by atoms with Crippen molar-refractivity contribution in [3.8, 4) is 0 Å². The summed E-state index contributed by atoms with van der Waals surface area (Å²) in [4.78, 5) is 37.8. The van der Waals surface area contributed by atoms with Gasteiger partial charge in [-0.05, 0) is 57.1 Å². The maximum atomic E-state index is 12.5. The van der Waals surface area contributed by atoms with Crippen molar-refractivity contribution in [2.24, 2.45) is 0 Å². The minimum absolute atomic E-state index is 0.0408. The standard InChI is InChI=1S/C23H31N3O4/c1-26(15-21(27)25-18-11-12-18)22(28)16-30-23(29)19-9-5-6-10-20(19)24-14-13-17-7-3-2-4-8-17/h5-7,9-10,18,24H,2-4,8,11-16H2,1H3,(H,25,27). The molecular weight excluding hydrogens is 382 g/mol. The van der Waals surface area contributed by atoms with Crippen LogP contribution >= 0.6 is 0 Å². The molecule has 2 aliphatic rings. The van der Waals surface area contributed by atoms with Gasteiger partial charge >= 0.3 is 5.97 Å². The van der Waals surface area contributed by atoms with Crippen molar-refractivity contribution >= 4 is 23.5 Å². The highest BCUT2D eigenvalue weighted by atomic mass is 16.5. The maximum Gasteiger partial charge on any atom is 0.340 e. The number of ether oxygens (including phenoxy) is 1. The SMILES string of the molecule is CN(CC(=O)NC1CC1)C(=O)COC(=O)c1ccccc1NCCC1=CCCCC1. The van der Waals surface area contributed by atoms with Crippen LogP contribution in [0.4, 0.5) is 5.69 Å². The number of anilines is 1. The molecule has 1 fully saturated rings. The van der Waals surface area contributed by atoms with E-state index >= 15 is 0 Å². The molecule has 7 heteroatoms. The molecule has 2 N–H and O–H groups in total. The van der Waals surface area contributed by atoms with Crippen LogP contribution in [-0.2, 0) is 14.3 Å². The van der Waals surface area contributed by atoms with Crippen molar-refractivity contribution in [2.45, 2.75) is 51.0 Å². The number of hydrogen-bond donors (Lipinski definition) is 2. The lowest BCUT2D eigenvalue weighted by Crippen LogP contribution is -2.40. The van der Waals surface area contributed by atoms with Crippen LogP contribution in [0.2, 0.25) is 0 Å². The second-order valence-electron chi connectivity index (χ2n) is 8.00. The van der Waals surface area contributed by atoms with Crippen molar-refractivity contribution in [1.82, 2.24) is 10.2 Å². The molecule has 0 atom stereocenters. The topological polar surface area (TPSA) is 87.7 Å². The Balaban J connectivity index is 1.45. The molecule has 1 saturated carbocycles. The summed E-state index contributed by atoms with van der Waals surface area (Å²) in [6.07, 6.45) is 10.1. The van der Waals surface area contributed by atoms with Gasteiger partial charge in [0, 0.05) is 25.3 Å². The van der Waals surface area contributed by atoms with Crippen LogP contribution in [0.1, 0.15) is 55.3 Å². The van der Waals surface area contributed by atoms with E-state index in [9.17, 15) is 14.4 Å². The number of nitrogens with zero attached hydrogens (tertiary/aromatic N) is 1. The first-order valence-corrected chi connectivity index (χ1v) is 10.7. The number of esters is 1. The molecule has 30 heavy (non-hydrogen) atoms. The lowest BCUT2D eigenvalue weighted by Gasteiger charge is -2.17. The van der Waals surface area contributed by atoms with E-state index in [1.54, 1.807) is 12.1 Å². The number of allylic oxidation sites excluding steroid dienone is 1. The van der Waals surface area contributed by atoms with Gasteiger partial charge in [0.1, 0.15) is 0 Å². The zero-order valence-electron chi connectivity index (χ0n) is 17.6. The van der Waals surface area contributed by atoms with Gasteiger partial charge in [0.05, 0.1) is 12.1 Å². The third-order valence-electron chi connectivity index (χ3n) is 5.37. The summed E-state index contributed by atoms with van der Waals surface area (Å²) in [6.45, 7) is 0.308. The zero-order chi connectivity index (χ0) is 21.3. The average molecular weight is 414 g/mol. The molecule has 0 unspecified atom stereocenters. The molecular formula is C23H31N3O4. The van der Waals surface area contributed by atoms with Gasteiger partial charge in [0.2, 0.25) is 5.91 Å². The van der Waals surface area contributed by atoms with Crippen LogP contribution < -0.4 is 10.6 Å². The largest absolute Gasteiger partial charge is 0.452 e. The highest BCUT2D eigenvalue weighted by Gasteiger charge is 2.24. The Labute approximate surface area is 177 Å². The van der Waals surface area contributed by atoms with Gasteiger partial charge in [0.15, 0.2) is 6.61 Å². The molecule has 0 aromatic heterocycles. The minimum Gasteiger partial charge on any atom is -0.452 e. The highest BCUT2D eigenvalue weighted by Crippen LogP contribution is 2.21. The van der Waals surface area contributed by atoms with Crippen LogP contribution in [-0.4, -0.2) is 55.5 Å². The third-order valence-corrected chi connectivity index (χ3v) is 5.37. The number of likely N-dealkylation sites (N-methyl/N-ethyl adjacent to an activating group) is 1. The molecule has 0 spiro atoms. The quantitative estimate of drug-likeness (QED) is 0.455. The molecule has 0 heterocycles. The number of benzene rings is 1. The second-order valence-corrected chi connectivity index (χ2v) is 8.00. The van der Waals surface area contributed by atoms with E-state index < -0.39 is 18.5 Å². The molecule has 2 aliphatic carbocycles. The molecule has 162 valence electrons. The first kappa shape index (κ1) is 21.9. The van der Waals surface area contributed by atoms with Crippen molar-refractivity contribution in [3.05, 3.63) is 41.5 Å². The fraction of sp³-hybridized carbons (Fsp3) is 0.522. The van der Waals surface area contributed by atoms with Crippen LogP contribution in [0.5, 0.6) is 0 Å². The Morgan fingerprint density at radius 3 is 2.70 bits per heavy atom. The molecule has 7 nitrogen and oxygen atoms in total. The van der Waals surface area contributed by atoms with Gasteiger partial charge < -0.3 is 20.3 Å². The van der Waals surface area contributed by atoms with Crippen LogP contribution in [0, 0.1) is 0 Å². The number of para-hydroxylation sites is 1. The Bertz CT molecular complexity index is 801. The number of hydrogen-bond acceptors (Lipinski definition) is 5. The molecule has 0 radical (unpaired) electrons. The summed E-state index contributed by atoms with van der Waals surface area (Å²) in [5.74, 6) is -1.16. The van der Waals surface area contributed by atoms with Gasteiger partial charge in [-0.2, -0.15) is 0 Å². The summed E-state index contributed by atoms with van der Waals surface area (Å²) in [5, 5.41) is 6.14. The first-order chi connectivity index (χ1) is 14.5. The smallest absolute Gasteiger partial charge is 0.340 e. The minimum atomic E-state index is -0.556. The van der Waals surface area contributed by atoms with E-state index in [2.05, 4.69) is 16.7 Å². The van der Waals surface area contributed by atoms with Gasteiger partial charge in [-0.1, -0.05) is 23.8 Å². The van der Waals surface area contributed by atoms with Crippen LogP contribution in [0.3, 0.4) is 0 Å². The summed E-state index contributed by atoms with van der Waals surface area (Å²) < 4.78 is 5.21. The fourth-order valence-electron chi connectivity index (χ4n) is 3.42. The van der Waals surface area contributed by atoms with Gasteiger partial charge in [0.25, 0.3) is 5.91 Å². The van der Waals surface area contributed by atoms with Crippen molar-refractivity contribution in [1.29, 1.82) is 0 Å². The Hall–Kier alpha value is -2.83. The van der Waals surface area contributed by atoms with Gasteiger partial charge in [-0.3, -0.25) is 9.59 Å². The number of amides is 2. The summed E-state index contributed by atoms with van der Waals surface area (Å²) in [7, 11) is 1.53. The third kappa shape index (κ3) is 6.90. The van der Waals surface area contributed by atoms with E-state index in [0.29, 0.717) is 11.3 Å². The fourth-order valence-corrected chi connectivity index (χ4v) is 3.42. The van der Waals surface area contributed by atoms with E-state index in [1.807, 2.05) is 12.1 Å². The van der Waals surface area contributed by atoms with E-state index in [0.717, 1.165) is 38.6 Å². The molecule has 0 bridgehead atoms. The normalized spacial score (nSPS) is 15.7. The molecule has 1 aromatic carbocycles. The maximum absolute atomic E-state index is 12.5. The van der Waals surface area contributed by atoms with Crippen LogP contribution in [0.15, 0.2) is 35.9 Å². The summed E-state index contributed by atoms with van der Waals surface area (Å²) >= 11 is 0. The lowest BCUT2D eigenvalue weighted by atomic mass is 9.97. The average Bonchev–Trinajstić information content (AvgIpc) is 3.56. The van der Waals surface area contributed by atoms with Crippen molar-refractivity contribution in [2.75, 3.05) is 32.1 Å².